The first-order valence-electron chi connectivity index (χ1n) is 8.10. The molecule has 0 aliphatic carbocycles. The SMILES string of the molecule is Cc1ccc(SCC(=O)O[C@H](C)C(=O)Nc2ccccc2C#N)c(C)c1. The molecule has 0 saturated carbocycles. The number of hydrogen-bond acceptors (Lipinski definition) is 5. The van der Waals surface area contributed by atoms with Crippen LogP contribution in [0, 0.1) is 25.2 Å². The van der Waals surface area contributed by atoms with Crippen molar-refractivity contribution in [2.75, 3.05) is 11.1 Å². The molecule has 1 N–H and O–H groups in total. The number of nitrogens with zero attached hydrogens (tertiary/aromatic N) is 1. The molecule has 0 spiro atoms. The van der Waals surface area contributed by atoms with Crippen molar-refractivity contribution in [3.63, 3.8) is 0 Å². The predicted octanol–water partition coefficient (Wildman–Crippen LogP) is 3.84. The molecule has 0 saturated heterocycles. The van der Waals surface area contributed by atoms with Crippen LogP contribution in [0.3, 0.4) is 0 Å². The molecule has 0 fully saturated rings. The first-order chi connectivity index (χ1) is 12.4. The van der Waals surface area contributed by atoms with E-state index in [1.54, 1.807) is 24.3 Å². The summed E-state index contributed by atoms with van der Waals surface area (Å²) in [6.45, 7) is 5.51. The van der Waals surface area contributed by atoms with E-state index in [-0.39, 0.29) is 5.75 Å². The number of amides is 1. The van der Waals surface area contributed by atoms with Crippen LogP contribution in [0.2, 0.25) is 0 Å². The highest BCUT2D eigenvalue weighted by molar-refractivity contribution is 8.00. The maximum Gasteiger partial charge on any atom is 0.317 e. The van der Waals surface area contributed by atoms with E-state index in [0.717, 1.165) is 16.0 Å². The van der Waals surface area contributed by atoms with Gasteiger partial charge in [0.2, 0.25) is 0 Å². The number of hydrogen-bond donors (Lipinski definition) is 1. The van der Waals surface area contributed by atoms with Crippen LogP contribution in [0.1, 0.15) is 23.6 Å². The van der Waals surface area contributed by atoms with Gasteiger partial charge in [-0.15, -0.1) is 11.8 Å². The summed E-state index contributed by atoms with van der Waals surface area (Å²) in [4.78, 5) is 25.2. The fraction of sp³-hybridized carbons (Fsp3) is 0.250. The smallest absolute Gasteiger partial charge is 0.317 e. The Balaban J connectivity index is 1.88. The van der Waals surface area contributed by atoms with E-state index in [1.165, 1.54) is 18.7 Å². The van der Waals surface area contributed by atoms with Crippen molar-refractivity contribution >= 4 is 29.3 Å². The van der Waals surface area contributed by atoms with Gasteiger partial charge in [0, 0.05) is 4.90 Å². The van der Waals surface area contributed by atoms with Gasteiger partial charge in [0.25, 0.3) is 5.91 Å². The Morgan fingerprint density at radius 2 is 1.96 bits per heavy atom. The molecule has 0 aliphatic rings. The Hall–Kier alpha value is -2.78. The van der Waals surface area contributed by atoms with Crippen LogP contribution in [0.4, 0.5) is 5.69 Å². The Labute approximate surface area is 157 Å². The minimum absolute atomic E-state index is 0.121. The molecule has 0 radical (unpaired) electrons. The average Bonchev–Trinajstić information content (AvgIpc) is 2.61. The molecular weight excluding hydrogens is 348 g/mol. The van der Waals surface area contributed by atoms with E-state index in [9.17, 15) is 9.59 Å². The van der Waals surface area contributed by atoms with Gasteiger partial charge < -0.3 is 10.1 Å². The molecule has 0 heterocycles. The highest BCUT2D eigenvalue weighted by Gasteiger charge is 2.19. The van der Waals surface area contributed by atoms with Gasteiger partial charge in [0.05, 0.1) is 17.0 Å². The third-order valence-electron chi connectivity index (χ3n) is 3.66. The molecule has 26 heavy (non-hydrogen) atoms. The van der Waals surface area contributed by atoms with E-state index in [4.69, 9.17) is 10.00 Å². The number of nitriles is 1. The molecule has 1 atom stereocenters. The van der Waals surface area contributed by atoms with Crippen molar-refractivity contribution < 1.29 is 14.3 Å². The molecule has 0 aromatic heterocycles. The van der Waals surface area contributed by atoms with Gasteiger partial charge in [-0.05, 0) is 44.5 Å². The highest BCUT2D eigenvalue weighted by atomic mass is 32.2. The number of carbonyl (C=O) groups is 2. The lowest BCUT2D eigenvalue weighted by Crippen LogP contribution is -2.30. The molecule has 2 aromatic rings. The summed E-state index contributed by atoms with van der Waals surface area (Å²) in [6, 6.07) is 14.7. The average molecular weight is 368 g/mol. The van der Waals surface area contributed by atoms with Crippen molar-refractivity contribution in [3.8, 4) is 6.07 Å². The maximum absolute atomic E-state index is 12.2. The number of benzene rings is 2. The number of nitrogens with one attached hydrogen (secondary N) is 1. The molecule has 2 rings (SSSR count). The molecule has 0 unspecified atom stereocenters. The summed E-state index contributed by atoms with van der Waals surface area (Å²) in [5.41, 5.74) is 3.01. The van der Waals surface area contributed by atoms with Crippen molar-refractivity contribution in [3.05, 3.63) is 59.2 Å². The molecule has 5 nitrogen and oxygen atoms in total. The van der Waals surface area contributed by atoms with Gasteiger partial charge in [0.1, 0.15) is 6.07 Å². The predicted molar refractivity (Wildman–Crippen MR) is 102 cm³/mol. The van der Waals surface area contributed by atoms with Crippen molar-refractivity contribution in [1.29, 1.82) is 5.26 Å². The normalized spacial score (nSPS) is 11.3. The van der Waals surface area contributed by atoms with Gasteiger partial charge >= 0.3 is 5.97 Å². The highest BCUT2D eigenvalue weighted by Crippen LogP contribution is 2.23. The zero-order chi connectivity index (χ0) is 19.1. The Morgan fingerprint density at radius 3 is 2.65 bits per heavy atom. The second kappa shape index (κ2) is 9.07. The lowest BCUT2D eigenvalue weighted by molar-refractivity contribution is -0.150. The zero-order valence-corrected chi connectivity index (χ0v) is 15.7. The number of aryl methyl sites for hydroxylation is 2. The summed E-state index contributed by atoms with van der Waals surface area (Å²) in [5.74, 6) is -0.820. The third kappa shape index (κ3) is 5.36. The molecule has 2 aromatic carbocycles. The van der Waals surface area contributed by atoms with Crippen molar-refractivity contribution in [2.24, 2.45) is 0 Å². The van der Waals surface area contributed by atoms with E-state index in [2.05, 4.69) is 11.4 Å². The number of thioether (sulfide) groups is 1. The van der Waals surface area contributed by atoms with Gasteiger partial charge in [-0.25, -0.2) is 0 Å². The quantitative estimate of drug-likeness (QED) is 0.619. The molecule has 1 amide bonds. The maximum atomic E-state index is 12.2. The van der Waals surface area contributed by atoms with Gasteiger partial charge in [-0.3, -0.25) is 9.59 Å². The lowest BCUT2D eigenvalue weighted by Gasteiger charge is -2.14. The molecular formula is C20H20N2O3S. The second-order valence-corrected chi connectivity index (χ2v) is 6.85. The third-order valence-corrected chi connectivity index (χ3v) is 4.81. The number of anilines is 1. The lowest BCUT2D eigenvalue weighted by atomic mass is 10.2. The standard InChI is InChI=1S/C20H20N2O3S/c1-13-8-9-18(14(2)10-13)26-12-19(23)25-15(3)20(24)22-17-7-5-4-6-16(17)11-21/h4-10,15H,12H2,1-3H3,(H,22,24)/t15-/m1/s1. The van der Waals surface area contributed by atoms with Crippen LogP contribution in [0.5, 0.6) is 0 Å². The number of esters is 1. The van der Waals surface area contributed by atoms with Gasteiger partial charge in [-0.2, -0.15) is 5.26 Å². The summed E-state index contributed by atoms with van der Waals surface area (Å²) >= 11 is 1.38. The van der Waals surface area contributed by atoms with E-state index < -0.39 is 18.0 Å². The van der Waals surface area contributed by atoms with Crippen LogP contribution in [0.15, 0.2) is 47.4 Å². The van der Waals surface area contributed by atoms with Crippen LogP contribution >= 0.6 is 11.8 Å². The Bertz CT molecular complexity index is 858. The van der Waals surface area contributed by atoms with E-state index in [1.807, 2.05) is 32.0 Å². The number of para-hydroxylation sites is 1. The molecule has 6 heteroatoms. The van der Waals surface area contributed by atoms with E-state index >= 15 is 0 Å². The van der Waals surface area contributed by atoms with E-state index in [0.29, 0.717) is 11.3 Å². The summed E-state index contributed by atoms with van der Waals surface area (Å²) in [6.07, 6.45) is -0.950. The first-order valence-corrected chi connectivity index (χ1v) is 9.09. The van der Waals surface area contributed by atoms with Crippen molar-refractivity contribution in [1.82, 2.24) is 0 Å². The van der Waals surface area contributed by atoms with Crippen molar-refractivity contribution in [2.45, 2.75) is 31.8 Å². The number of carbonyl (C=O) groups excluding carboxylic acids is 2. The fourth-order valence-corrected chi connectivity index (χ4v) is 3.10. The number of ether oxygens (including phenoxy) is 1. The monoisotopic (exact) mass is 368 g/mol. The summed E-state index contributed by atoms with van der Waals surface area (Å²) in [7, 11) is 0. The van der Waals surface area contributed by atoms with Gasteiger partial charge in [-0.1, -0.05) is 29.8 Å². The molecule has 134 valence electrons. The van der Waals surface area contributed by atoms with Crippen LogP contribution in [-0.4, -0.2) is 23.7 Å². The topological polar surface area (TPSA) is 79.2 Å². The van der Waals surface area contributed by atoms with Crippen LogP contribution < -0.4 is 5.32 Å². The van der Waals surface area contributed by atoms with Crippen LogP contribution in [-0.2, 0) is 14.3 Å². The Kier molecular flexibility index (Phi) is 6.81. The fourth-order valence-electron chi connectivity index (χ4n) is 2.31. The largest absolute Gasteiger partial charge is 0.452 e. The molecule has 0 aliphatic heterocycles. The second-order valence-electron chi connectivity index (χ2n) is 5.84. The Morgan fingerprint density at radius 1 is 1.23 bits per heavy atom. The summed E-state index contributed by atoms with van der Waals surface area (Å²) < 4.78 is 5.19. The summed E-state index contributed by atoms with van der Waals surface area (Å²) in [5, 5.41) is 11.7. The minimum atomic E-state index is -0.950. The van der Waals surface area contributed by atoms with Gasteiger partial charge in [0.15, 0.2) is 6.10 Å². The molecule has 0 bridgehead atoms. The number of rotatable bonds is 6. The minimum Gasteiger partial charge on any atom is -0.452 e. The van der Waals surface area contributed by atoms with Crippen LogP contribution in [0.25, 0.3) is 0 Å². The first kappa shape index (κ1) is 19.5. The zero-order valence-electron chi connectivity index (χ0n) is 14.9.